The SMILES string of the molecule is CC(C)c1ccccc1-c1cccc(C(=N)OC(=N)Cc2ccc(-c3nc(C(F)(F)F)cn3C)cc2)c1F. The molecule has 9 heteroatoms. The quantitative estimate of drug-likeness (QED) is 0.155. The van der Waals surface area contributed by atoms with Crippen LogP contribution in [0, 0.1) is 16.6 Å². The number of aryl methyl sites for hydroxylation is 1. The van der Waals surface area contributed by atoms with Crippen LogP contribution < -0.4 is 0 Å². The second-order valence-corrected chi connectivity index (χ2v) is 9.20. The van der Waals surface area contributed by atoms with E-state index in [1.807, 2.05) is 38.1 Å². The Morgan fingerprint density at radius 2 is 1.61 bits per heavy atom. The van der Waals surface area contributed by atoms with E-state index < -0.39 is 23.6 Å². The Hall–Kier alpha value is -4.27. The van der Waals surface area contributed by atoms with Crippen LogP contribution in [0.2, 0.25) is 0 Å². The number of halogens is 4. The summed E-state index contributed by atoms with van der Waals surface area (Å²) in [5.41, 5.74) is 2.15. The second kappa shape index (κ2) is 10.6. The fraction of sp³-hybridized carbons (Fsp3) is 0.207. The summed E-state index contributed by atoms with van der Waals surface area (Å²) in [6.07, 6.45) is -3.61. The summed E-state index contributed by atoms with van der Waals surface area (Å²) in [5.74, 6) is -1.02. The minimum atomic E-state index is -4.54. The molecule has 0 aliphatic carbocycles. The molecule has 0 saturated carbocycles. The summed E-state index contributed by atoms with van der Waals surface area (Å²) in [5, 5.41) is 16.5. The van der Waals surface area contributed by atoms with Crippen molar-refractivity contribution in [3.63, 3.8) is 0 Å². The Morgan fingerprint density at radius 1 is 0.947 bits per heavy atom. The lowest BCUT2D eigenvalue weighted by molar-refractivity contribution is -0.140. The van der Waals surface area contributed by atoms with Gasteiger partial charge in [-0.3, -0.25) is 10.8 Å². The molecule has 1 aromatic heterocycles. The predicted octanol–water partition coefficient (Wildman–Crippen LogP) is 7.60. The van der Waals surface area contributed by atoms with E-state index in [4.69, 9.17) is 15.6 Å². The lowest BCUT2D eigenvalue weighted by Crippen LogP contribution is -2.15. The molecule has 0 unspecified atom stereocenters. The van der Waals surface area contributed by atoms with Crippen molar-refractivity contribution in [2.45, 2.75) is 32.4 Å². The number of hydrogen-bond donors (Lipinski definition) is 2. The molecule has 4 aromatic rings. The van der Waals surface area contributed by atoms with Crippen molar-refractivity contribution in [2.24, 2.45) is 7.05 Å². The summed E-state index contributed by atoms with van der Waals surface area (Å²) in [6, 6.07) is 18.7. The molecule has 1 heterocycles. The molecular weight excluding hydrogens is 496 g/mol. The van der Waals surface area contributed by atoms with Gasteiger partial charge in [0, 0.05) is 30.8 Å². The van der Waals surface area contributed by atoms with Crippen molar-refractivity contribution >= 4 is 11.8 Å². The molecule has 3 aromatic carbocycles. The van der Waals surface area contributed by atoms with Gasteiger partial charge < -0.3 is 9.30 Å². The molecule has 4 rings (SSSR count). The topological polar surface area (TPSA) is 74.8 Å². The zero-order valence-corrected chi connectivity index (χ0v) is 21.0. The Labute approximate surface area is 217 Å². The van der Waals surface area contributed by atoms with E-state index in [0.29, 0.717) is 16.7 Å². The number of imidazole rings is 1. The molecule has 0 spiro atoms. The van der Waals surface area contributed by atoms with Crippen LogP contribution in [0.25, 0.3) is 22.5 Å². The van der Waals surface area contributed by atoms with E-state index in [2.05, 4.69) is 4.98 Å². The molecule has 0 aliphatic rings. The maximum absolute atomic E-state index is 15.5. The van der Waals surface area contributed by atoms with E-state index in [1.165, 1.54) is 17.7 Å². The molecule has 0 saturated heterocycles. The lowest BCUT2D eigenvalue weighted by Gasteiger charge is -2.15. The Balaban J connectivity index is 1.47. The van der Waals surface area contributed by atoms with E-state index in [9.17, 15) is 13.2 Å². The van der Waals surface area contributed by atoms with Crippen molar-refractivity contribution in [3.8, 4) is 22.5 Å². The van der Waals surface area contributed by atoms with Crippen molar-refractivity contribution in [1.29, 1.82) is 10.8 Å². The zero-order chi connectivity index (χ0) is 27.6. The highest BCUT2D eigenvalue weighted by Crippen LogP contribution is 2.33. The van der Waals surface area contributed by atoms with Gasteiger partial charge in [-0.1, -0.05) is 74.5 Å². The van der Waals surface area contributed by atoms with Gasteiger partial charge in [0.2, 0.25) is 5.90 Å². The molecule has 38 heavy (non-hydrogen) atoms. The van der Waals surface area contributed by atoms with Crippen molar-refractivity contribution in [1.82, 2.24) is 9.55 Å². The molecule has 0 aliphatic heterocycles. The van der Waals surface area contributed by atoms with Gasteiger partial charge in [0.15, 0.2) is 11.6 Å². The van der Waals surface area contributed by atoms with Crippen LogP contribution in [-0.4, -0.2) is 21.3 Å². The van der Waals surface area contributed by atoms with Gasteiger partial charge in [0.1, 0.15) is 11.6 Å². The molecule has 0 bridgehead atoms. The number of rotatable bonds is 6. The third kappa shape index (κ3) is 5.66. The van der Waals surface area contributed by atoms with Crippen molar-refractivity contribution in [2.75, 3.05) is 0 Å². The number of nitrogens with zero attached hydrogens (tertiary/aromatic N) is 2. The highest BCUT2D eigenvalue weighted by atomic mass is 19.4. The van der Waals surface area contributed by atoms with Crippen LogP contribution in [0.1, 0.15) is 42.1 Å². The number of nitrogens with one attached hydrogen (secondary N) is 2. The average molecular weight is 523 g/mol. The molecule has 0 atom stereocenters. The van der Waals surface area contributed by atoms with E-state index in [-0.39, 0.29) is 29.6 Å². The average Bonchev–Trinajstić information content (AvgIpc) is 3.26. The third-order valence-corrected chi connectivity index (χ3v) is 6.09. The Bertz CT molecular complexity index is 1490. The van der Waals surface area contributed by atoms with Gasteiger partial charge in [-0.25, -0.2) is 9.37 Å². The zero-order valence-electron chi connectivity index (χ0n) is 21.0. The first kappa shape index (κ1) is 26.8. The number of benzene rings is 3. The molecule has 0 radical (unpaired) electrons. The van der Waals surface area contributed by atoms with E-state index in [0.717, 1.165) is 17.3 Å². The van der Waals surface area contributed by atoms with Crippen molar-refractivity contribution in [3.05, 3.63) is 101 Å². The minimum absolute atomic E-state index is 0.00845. The van der Waals surface area contributed by atoms with Crippen LogP contribution in [0.15, 0.2) is 72.9 Å². The maximum atomic E-state index is 15.5. The van der Waals surface area contributed by atoms with Gasteiger partial charge >= 0.3 is 6.18 Å². The summed E-state index contributed by atoms with van der Waals surface area (Å²) < 4.78 is 61.0. The van der Waals surface area contributed by atoms with Crippen LogP contribution in [0.4, 0.5) is 17.6 Å². The molecule has 0 amide bonds. The monoisotopic (exact) mass is 522 g/mol. The molecule has 196 valence electrons. The van der Waals surface area contributed by atoms with Crippen molar-refractivity contribution < 1.29 is 22.3 Å². The minimum Gasteiger partial charge on any atom is -0.425 e. The van der Waals surface area contributed by atoms with Crippen LogP contribution >= 0.6 is 0 Å². The van der Waals surface area contributed by atoms with Gasteiger partial charge in [-0.05, 0) is 28.7 Å². The van der Waals surface area contributed by atoms with Gasteiger partial charge in [-0.2, -0.15) is 13.2 Å². The largest absolute Gasteiger partial charge is 0.434 e. The van der Waals surface area contributed by atoms with E-state index >= 15 is 4.39 Å². The van der Waals surface area contributed by atoms with Crippen LogP contribution in [0.3, 0.4) is 0 Å². The summed E-state index contributed by atoms with van der Waals surface area (Å²) in [7, 11) is 1.48. The highest BCUT2D eigenvalue weighted by Gasteiger charge is 2.34. The van der Waals surface area contributed by atoms with Gasteiger partial charge in [0.05, 0.1) is 5.56 Å². The molecule has 0 fully saturated rings. The van der Waals surface area contributed by atoms with Gasteiger partial charge in [-0.15, -0.1) is 0 Å². The first-order valence-corrected chi connectivity index (χ1v) is 11.9. The summed E-state index contributed by atoms with van der Waals surface area (Å²) in [6.45, 7) is 4.05. The van der Waals surface area contributed by atoms with E-state index in [1.54, 1.807) is 36.4 Å². The molecule has 2 N–H and O–H groups in total. The van der Waals surface area contributed by atoms with Crippen LogP contribution in [0.5, 0.6) is 0 Å². The lowest BCUT2D eigenvalue weighted by atomic mass is 9.91. The predicted molar refractivity (Wildman–Crippen MR) is 139 cm³/mol. The van der Waals surface area contributed by atoms with Crippen LogP contribution in [-0.2, 0) is 24.4 Å². The summed E-state index contributed by atoms with van der Waals surface area (Å²) in [4.78, 5) is 3.67. The second-order valence-electron chi connectivity index (χ2n) is 9.20. The highest BCUT2D eigenvalue weighted by molar-refractivity contribution is 6.00. The summed E-state index contributed by atoms with van der Waals surface area (Å²) >= 11 is 0. The first-order valence-electron chi connectivity index (χ1n) is 11.9. The molecular formula is C29H26F4N4O. The molecule has 5 nitrogen and oxygen atoms in total. The third-order valence-electron chi connectivity index (χ3n) is 6.09. The maximum Gasteiger partial charge on any atom is 0.434 e. The van der Waals surface area contributed by atoms with Gasteiger partial charge in [0.25, 0.3) is 0 Å². The Morgan fingerprint density at radius 3 is 2.24 bits per heavy atom. The first-order chi connectivity index (χ1) is 18.0. The number of aromatic nitrogens is 2. The Kier molecular flexibility index (Phi) is 7.48. The fourth-order valence-electron chi connectivity index (χ4n) is 4.20. The number of ether oxygens (including phenoxy) is 1. The number of hydrogen-bond acceptors (Lipinski definition) is 4. The standard InChI is InChI=1S/C29H26F4N4O/c1-17(2)20-7-4-5-8-21(20)22-9-6-10-23(26(22)30)27(35)38-25(34)15-18-11-13-19(14-12-18)28-36-24(16-37(28)3)29(31,32)33/h4-14,16-17,34-35H,15H2,1-3H3. The fourth-order valence-corrected chi connectivity index (χ4v) is 4.20. The smallest absolute Gasteiger partial charge is 0.425 e. The number of alkyl halides is 3. The normalized spacial score (nSPS) is 11.6.